The largest absolute Gasteiger partial charge is 0.489 e. The van der Waals surface area contributed by atoms with Gasteiger partial charge in [-0.2, -0.15) is 15.5 Å². The monoisotopic (exact) mass is 532 g/mol. The highest BCUT2D eigenvalue weighted by atomic mass is 19.1. The third-order valence-corrected chi connectivity index (χ3v) is 6.44. The van der Waals surface area contributed by atoms with E-state index in [2.05, 4.69) is 31.5 Å². The highest BCUT2D eigenvalue weighted by Crippen LogP contribution is 2.31. The molecule has 1 aliphatic heterocycles. The molecule has 0 radical (unpaired) electrons. The van der Waals surface area contributed by atoms with Gasteiger partial charge < -0.3 is 20.1 Å². The zero-order chi connectivity index (χ0) is 27.6. The lowest BCUT2D eigenvalue weighted by Gasteiger charge is -2.34. The number of nitrogens with one attached hydrogen (secondary N) is 1. The number of nitriles is 1. The molecule has 1 aliphatic rings. The molecule has 1 saturated heterocycles. The van der Waals surface area contributed by atoms with E-state index >= 15 is 0 Å². The molecule has 2 N–H and O–H groups in total. The maximum Gasteiger partial charge on any atom is 0.224 e. The number of aliphatic hydroxyl groups is 1. The standard InChI is InChI=1S/C27H29FN8O3/c1-27(2,38)17-39-22-10-23(26-19(11-29)13-31-36(26)16-22)34-7-5-21(6-8-34)33-25(37)9-18-3-4-24(30-12-18)35-15-20(28)14-32-35/h3-4,10,12-16,21,38H,5-9,17H2,1-2H3,(H,33,37). The highest BCUT2D eigenvalue weighted by Gasteiger charge is 2.25. The van der Waals surface area contributed by atoms with Crippen LogP contribution in [0.4, 0.5) is 10.1 Å². The lowest BCUT2D eigenvalue weighted by molar-refractivity contribution is -0.121. The average molecular weight is 533 g/mol. The second-order valence-electron chi connectivity index (χ2n) is 10.3. The molecule has 5 heterocycles. The van der Waals surface area contributed by atoms with E-state index in [0.717, 1.165) is 30.3 Å². The molecule has 4 aromatic rings. The number of pyridine rings is 2. The number of hydrogen-bond acceptors (Lipinski definition) is 8. The van der Waals surface area contributed by atoms with E-state index < -0.39 is 11.4 Å². The van der Waals surface area contributed by atoms with E-state index in [-0.39, 0.29) is 25.0 Å². The van der Waals surface area contributed by atoms with E-state index in [1.807, 2.05) is 6.07 Å². The zero-order valence-corrected chi connectivity index (χ0v) is 21.7. The van der Waals surface area contributed by atoms with Gasteiger partial charge in [0.05, 0.1) is 48.1 Å². The van der Waals surface area contributed by atoms with Crippen molar-refractivity contribution in [2.24, 2.45) is 0 Å². The number of carbonyl (C=O) groups excluding carboxylic acids is 1. The molecule has 39 heavy (non-hydrogen) atoms. The summed E-state index contributed by atoms with van der Waals surface area (Å²) >= 11 is 0. The van der Waals surface area contributed by atoms with Crippen LogP contribution < -0.4 is 15.0 Å². The van der Waals surface area contributed by atoms with Crippen molar-refractivity contribution in [2.45, 2.75) is 44.8 Å². The van der Waals surface area contributed by atoms with Gasteiger partial charge in [0.2, 0.25) is 5.91 Å². The molecule has 12 heteroatoms. The number of piperidine rings is 1. The minimum Gasteiger partial charge on any atom is -0.489 e. The number of fused-ring (bicyclic) bond motifs is 1. The number of carbonyl (C=O) groups is 1. The topological polar surface area (TPSA) is 134 Å². The van der Waals surface area contributed by atoms with Crippen molar-refractivity contribution < 1.29 is 19.0 Å². The second kappa shape index (κ2) is 10.7. The zero-order valence-electron chi connectivity index (χ0n) is 21.7. The van der Waals surface area contributed by atoms with Crippen LogP contribution in [0.1, 0.15) is 37.8 Å². The summed E-state index contributed by atoms with van der Waals surface area (Å²) in [5, 5.41) is 31.0. The van der Waals surface area contributed by atoms with Crippen molar-refractivity contribution in [3.63, 3.8) is 0 Å². The van der Waals surface area contributed by atoms with E-state index in [1.165, 1.54) is 17.1 Å². The molecule has 202 valence electrons. The van der Waals surface area contributed by atoms with Crippen LogP contribution >= 0.6 is 0 Å². The van der Waals surface area contributed by atoms with Gasteiger partial charge in [0.15, 0.2) is 11.6 Å². The van der Waals surface area contributed by atoms with Gasteiger partial charge in [-0.15, -0.1) is 0 Å². The molecule has 0 saturated carbocycles. The molecule has 0 aromatic carbocycles. The van der Waals surface area contributed by atoms with Crippen molar-refractivity contribution >= 4 is 17.1 Å². The third-order valence-electron chi connectivity index (χ3n) is 6.44. The Kier molecular flexibility index (Phi) is 7.17. The lowest BCUT2D eigenvalue weighted by atomic mass is 10.0. The summed E-state index contributed by atoms with van der Waals surface area (Å²) in [5.41, 5.74) is 1.74. The maximum atomic E-state index is 13.2. The van der Waals surface area contributed by atoms with E-state index in [4.69, 9.17) is 4.74 Å². The summed E-state index contributed by atoms with van der Waals surface area (Å²) in [7, 11) is 0. The SMILES string of the molecule is CC(C)(O)COc1cc(N2CCC(NC(=O)Cc3ccc(-n4cc(F)cn4)nc3)CC2)c2c(C#N)cnn2c1. The summed E-state index contributed by atoms with van der Waals surface area (Å²) < 4.78 is 22.0. The number of ether oxygens (including phenoxy) is 1. The van der Waals surface area contributed by atoms with Gasteiger partial charge >= 0.3 is 0 Å². The van der Waals surface area contributed by atoms with Gasteiger partial charge in [0.1, 0.15) is 23.9 Å². The van der Waals surface area contributed by atoms with Gasteiger partial charge in [0, 0.05) is 31.4 Å². The number of rotatable bonds is 8. The summed E-state index contributed by atoms with van der Waals surface area (Å²) in [5.74, 6) is 0.468. The molecular weight excluding hydrogens is 503 g/mol. The van der Waals surface area contributed by atoms with Gasteiger partial charge in [-0.25, -0.2) is 18.6 Å². The second-order valence-corrected chi connectivity index (χ2v) is 10.3. The molecule has 0 spiro atoms. The van der Waals surface area contributed by atoms with Crippen LogP contribution in [0.5, 0.6) is 5.75 Å². The minimum absolute atomic E-state index is 0.0130. The Labute approximate surface area is 224 Å². The Morgan fingerprint density at radius 1 is 1.23 bits per heavy atom. The lowest BCUT2D eigenvalue weighted by Crippen LogP contribution is -2.45. The van der Waals surface area contributed by atoms with E-state index in [0.29, 0.717) is 35.7 Å². The molecule has 11 nitrogen and oxygen atoms in total. The molecule has 0 atom stereocenters. The van der Waals surface area contributed by atoms with Crippen LogP contribution in [0.3, 0.4) is 0 Å². The van der Waals surface area contributed by atoms with Crippen LogP contribution in [-0.4, -0.2) is 66.7 Å². The van der Waals surface area contributed by atoms with Gasteiger partial charge in [-0.1, -0.05) is 6.07 Å². The molecule has 0 bridgehead atoms. The number of hydrogen-bond donors (Lipinski definition) is 2. The van der Waals surface area contributed by atoms with Crippen LogP contribution in [0.15, 0.2) is 49.2 Å². The quantitative estimate of drug-likeness (QED) is 0.353. The van der Waals surface area contributed by atoms with Crippen LogP contribution in [0.2, 0.25) is 0 Å². The predicted octanol–water partition coefficient (Wildman–Crippen LogP) is 2.40. The van der Waals surface area contributed by atoms with E-state index in [9.17, 15) is 19.6 Å². The Morgan fingerprint density at radius 3 is 2.67 bits per heavy atom. The first-order valence-electron chi connectivity index (χ1n) is 12.6. The summed E-state index contributed by atoms with van der Waals surface area (Å²) in [6, 6.07) is 7.56. The molecule has 0 unspecified atom stereocenters. The molecule has 0 aliphatic carbocycles. The maximum absolute atomic E-state index is 13.2. The van der Waals surface area contributed by atoms with Gasteiger partial charge in [0.25, 0.3) is 0 Å². The molecular formula is C27H29FN8O3. The Hall–Kier alpha value is -4.50. The van der Waals surface area contributed by atoms with Crippen LogP contribution in [0, 0.1) is 17.1 Å². The number of anilines is 1. The minimum atomic E-state index is -0.995. The van der Waals surface area contributed by atoms with Crippen molar-refractivity contribution in [3.05, 3.63) is 66.1 Å². The summed E-state index contributed by atoms with van der Waals surface area (Å²) in [6.45, 7) is 4.79. The van der Waals surface area contributed by atoms with Crippen molar-refractivity contribution in [1.29, 1.82) is 5.26 Å². The first-order valence-corrected chi connectivity index (χ1v) is 12.6. The number of nitrogens with zero attached hydrogens (tertiary/aromatic N) is 7. The first kappa shape index (κ1) is 26.1. The van der Waals surface area contributed by atoms with Crippen molar-refractivity contribution in [3.8, 4) is 17.6 Å². The highest BCUT2D eigenvalue weighted by molar-refractivity contribution is 5.81. The van der Waals surface area contributed by atoms with Crippen LogP contribution in [0.25, 0.3) is 11.3 Å². The Bertz CT molecular complexity index is 1510. The molecule has 1 amide bonds. The predicted molar refractivity (Wildman–Crippen MR) is 140 cm³/mol. The fraction of sp³-hybridized carbons (Fsp3) is 0.370. The summed E-state index contributed by atoms with van der Waals surface area (Å²) in [6.07, 6.45) is 8.80. The summed E-state index contributed by atoms with van der Waals surface area (Å²) in [4.78, 5) is 19.1. The van der Waals surface area contributed by atoms with Crippen molar-refractivity contribution in [2.75, 3.05) is 24.6 Å². The van der Waals surface area contributed by atoms with Crippen molar-refractivity contribution in [1.82, 2.24) is 29.7 Å². The molecule has 1 fully saturated rings. The third kappa shape index (κ3) is 6.15. The van der Waals surface area contributed by atoms with Gasteiger partial charge in [-0.05, 0) is 38.3 Å². The number of halogens is 1. The smallest absolute Gasteiger partial charge is 0.224 e. The Morgan fingerprint density at radius 2 is 2.03 bits per heavy atom. The normalized spacial score (nSPS) is 14.4. The molecule has 5 rings (SSSR count). The molecule has 4 aromatic heterocycles. The fourth-order valence-corrected chi connectivity index (χ4v) is 4.55. The first-order chi connectivity index (χ1) is 18.7. The number of aromatic nitrogens is 5. The Balaban J connectivity index is 1.21. The average Bonchev–Trinajstić information content (AvgIpc) is 3.53. The van der Waals surface area contributed by atoms with Crippen LogP contribution in [-0.2, 0) is 11.2 Å². The van der Waals surface area contributed by atoms with E-state index in [1.54, 1.807) is 42.9 Å². The van der Waals surface area contributed by atoms with Gasteiger partial charge in [-0.3, -0.25) is 4.79 Å². The fourth-order valence-electron chi connectivity index (χ4n) is 4.55. The number of amides is 1.